The lowest BCUT2D eigenvalue weighted by atomic mass is 10.2. The van der Waals surface area contributed by atoms with Crippen LogP contribution in [0.1, 0.15) is 26.3 Å². The number of carbonyl (C=O) groups is 2. The maximum Gasteiger partial charge on any atom is 0.408 e. The standard InChI is InChI=1S/C20H24N2O4/c1-20(2,3)26-19(24)21-13-18(23)22-16-11-7-8-12-17(16)25-14-15-9-5-4-6-10-15/h4-12H,13-14H2,1-3H3,(H,21,24)(H,22,23). The topological polar surface area (TPSA) is 76.7 Å². The van der Waals surface area contributed by atoms with Crippen LogP contribution in [0.4, 0.5) is 10.5 Å². The van der Waals surface area contributed by atoms with Crippen molar-refractivity contribution in [3.63, 3.8) is 0 Å². The first-order valence-electron chi connectivity index (χ1n) is 8.36. The lowest BCUT2D eigenvalue weighted by Gasteiger charge is -2.19. The van der Waals surface area contributed by atoms with Gasteiger partial charge >= 0.3 is 6.09 Å². The van der Waals surface area contributed by atoms with Gasteiger partial charge in [0, 0.05) is 0 Å². The van der Waals surface area contributed by atoms with E-state index in [2.05, 4.69) is 10.6 Å². The smallest absolute Gasteiger partial charge is 0.408 e. The number of hydrogen-bond acceptors (Lipinski definition) is 4. The number of anilines is 1. The molecule has 0 spiro atoms. The quantitative estimate of drug-likeness (QED) is 0.827. The summed E-state index contributed by atoms with van der Waals surface area (Å²) in [6.07, 6.45) is -0.638. The van der Waals surface area contributed by atoms with Crippen LogP contribution < -0.4 is 15.4 Å². The van der Waals surface area contributed by atoms with Crippen LogP contribution in [-0.2, 0) is 16.1 Å². The summed E-state index contributed by atoms with van der Waals surface area (Å²) in [5, 5.41) is 5.15. The van der Waals surface area contributed by atoms with Gasteiger partial charge in [-0.15, -0.1) is 0 Å². The molecule has 0 fully saturated rings. The summed E-state index contributed by atoms with van der Waals surface area (Å²) in [6.45, 7) is 5.47. The van der Waals surface area contributed by atoms with Crippen molar-refractivity contribution in [1.82, 2.24) is 5.32 Å². The molecular formula is C20H24N2O4. The average Bonchev–Trinajstić information content (AvgIpc) is 2.59. The predicted octanol–water partition coefficient (Wildman–Crippen LogP) is 3.73. The summed E-state index contributed by atoms with van der Waals surface area (Å²) in [5.41, 5.74) is 0.956. The normalized spacial score (nSPS) is 10.7. The van der Waals surface area contributed by atoms with Gasteiger partial charge in [-0.3, -0.25) is 4.79 Å². The van der Waals surface area contributed by atoms with Crippen LogP contribution in [0.15, 0.2) is 54.6 Å². The first-order chi connectivity index (χ1) is 12.3. The third kappa shape index (κ3) is 6.84. The van der Waals surface area contributed by atoms with Crippen molar-refractivity contribution in [2.75, 3.05) is 11.9 Å². The molecule has 0 aliphatic carbocycles. The predicted molar refractivity (Wildman–Crippen MR) is 100 cm³/mol. The van der Waals surface area contributed by atoms with E-state index in [9.17, 15) is 9.59 Å². The minimum absolute atomic E-state index is 0.193. The number of hydrogen-bond donors (Lipinski definition) is 2. The van der Waals surface area contributed by atoms with Crippen molar-refractivity contribution in [2.24, 2.45) is 0 Å². The Labute approximate surface area is 153 Å². The number of carbonyl (C=O) groups excluding carboxylic acids is 2. The molecule has 0 unspecified atom stereocenters. The molecule has 138 valence electrons. The fourth-order valence-corrected chi connectivity index (χ4v) is 2.09. The van der Waals surface area contributed by atoms with E-state index < -0.39 is 11.7 Å². The molecule has 2 rings (SSSR count). The van der Waals surface area contributed by atoms with Gasteiger partial charge in [0.05, 0.1) is 5.69 Å². The first-order valence-corrected chi connectivity index (χ1v) is 8.36. The molecule has 0 bridgehead atoms. The summed E-state index contributed by atoms with van der Waals surface area (Å²) in [4.78, 5) is 23.7. The lowest BCUT2D eigenvalue weighted by molar-refractivity contribution is -0.115. The molecular weight excluding hydrogens is 332 g/mol. The monoisotopic (exact) mass is 356 g/mol. The van der Waals surface area contributed by atoms with E-state index in [1.807, 2.05) is 36.4 Å². The number of para-hydroxylation sites is 2. The molecule has 2 amide bonds. The Morgan fingerprint density at radius 2 is 1.62 bits per heavy atom. The van der Waals surface area contributed by atoms with Gasteiger partial charge in [-0.1, -0.05) is 42.5 Å². The van der Waals surface area contributed by atoms with Crippen LogP contribution in [0.2, 0.25) is 0 Å². The van der Waals surface area contributed by atoms with Crippen molar-refractivity contribution < 1.29 is 19.1 Å². The molecule has 0 radical (unpaired) electrons. The van der Waals surface area contributed by atoms with E-state index in [4.69, 9.17) is 9.47 Å². The molecule has 6 heteroatoms. The fraction of sp³-hybridized carbons (Fsp3) is 0.300. The van der Waals surface area contributed by atoms with Crippen LogP contribution in [-0.4, -0.2) is 24.1 Å². The summed E-state index contributed by atoms with van der Waals surface area (Å²) in [7, 11) is 0. The molecule has 2 aromatic carbocycles. The molecule has 0 heterocycles. The Balaban J connectivity index is 1.88. The zero-order valence-corrected chi connectivity index (χ0v) is 15.2. The minimum atomic E-state index is -0.638. The Kier molecular flexibility index (Phi) is 6.60. The van der Waals surface area contributed by atoms with Gasteiger partial charge in [-0.05, 0) is 38.5 Å². The summed E-state index contributed by atoms with van der Waals surface area (Å²) < 4.78 is 10.9. The van der Waals surface area contributed by atoms with Gasteiger partial charge in [0.1, 0.15) is 24.5 Å². The van der Waals surface area contributed by atoms with E-state index >= 15 is 0 Å². The zero-order chi connectivity index (χ0) is 19.0. The van der Waals surface area contributed by atoms with Crippen LogP contribution in [0.3, 0.4) is 0 Å². The summed E-state index contributed by atoms with van der Waals surface area (Å²) >= 11 is 0. The molecule has 0 saturated carbocycles. The number of rotatable bonds is 6. The zero-order valence-electron chi connectivity index (χ0n) is 15.2. The van der Waals surface area contributed by atoms with E-state index in [0.717, 1.165) is 5.56 Å². The molecule has 0 saturated heterocycles. The van der Waals surface area contributed by atoms with Gasteiger partial charge in [-0.2, -0.15) is 0 Å². The van der Waals surface area contributed by atoms with Crippen molar-refractivity contribution >= 4 is 17.7 Å². The molecule has 0 atom stereocenters. The minimum Gasteiger partial charge on any atom is -0.487 e. The lowest BCUT2D eigenvalue weighted by Crippen LogP contribution is -2.37. The van der Waals surface area contributed by atoms with Gasteiger partial charge in [-0.25, -0.2) is 4.79 Å². The third-order valence-electron chi connectivity index (χ3n) is 3.19. The van der Waals surface area contributed by atoms with Crippen molar-refractivity contribution in [2.45, 2.75) is 33.0 Å². The Bertz CT molecular complexity index is 739. The van der Waals surface area contributed by atoms with E-state index in [0.29, 0.717) is 18.0 Å². The Morgan fingerprint density at radius 1 is 0.962 bits per heavy atom. The Morgan fingerprint density at radius 3 is 2.31 bits per heavy atom. The first kappa shape index (κ1) is 19.3. The van der Waals surface area contributed by atoms with Crippen molar-refractivity contribution in [3.05, 3.63) is 60.2 Å². The number of alkyl carbamates (subject to hydrolysis) is 1. The summed E-state index contributed by atoms with van der Waals surface area (Å²) in [5.74, 6) is 0.189. The van der Waals surface area contributed by atoms with Gasteiger partial charge in [0.15, 0.2) is 0 Å². The van der Waals surface area contributed by atoms with Crippen LogP contribution in [0.25, 0.3) is 0 Å². The second-order valence-corrected chi connectivity index (χ2v) is 6.67. The highest BCUT2D eigenvalue weighted by Gasteiger charge is 2.17. The SMILES string of the molecule is CC(C)(C)OC(=O)NCC(=O)Nc1ccccc1OCc1ccccc1. The maximum atomic E-state index is 12.1. The third-order valence-corrected chi connectivity index (χ3v) is 3.19. The maximum absolute atomic E-state index is 12.1. The van der Waals surface area contributed by atoms with E-state index in [1.54, 1.807) is 39.0 Å². The largest absolute Gasteiger partial charge is 0.487 e. The highest BCUT2D eigenvalue weighted by atomic mass is 16.6. The van der Waals surface area contributed by atoms with E-state index in [1.165, 1.54) is 0 Å². The second kappa shape index (κ2) is 8.89. The van der Waals surface area contributed by atoms with Crippen molar-refractivity contribution in [1.29, 1.82) is 0 Å². The van der Waals surface area contributed by atoms with Crippen LogP contribution >= 0.6 is 0 Å². The highest BCUT2D eigenvalue weighted by molar-refractivity contribution is 5.95. The molecule has 6 nitrogen and oxygen atoms in total. The van der Waals surface area contributed by atoms with Gasteiger partial charge in [0.2, 0.25) is 5.91 Å². The van der Waals surface area contributed by atoms with Crippen LogP contribution in [0, 0.1) is 0 Å². The molecule has 0 aliphatic rings. The number of amides is 2. The van der Waals surface area contributed by atoms with Gasteiger partial charge < -0.3 is 20.1 Å². The van der Waals surface area contributed by atoms with E-state index in [-0.39, 0.29) is 12.5 Å². The number of benzene rings is 2. The molecule has 26 heavy (non-hydrogen) atoms. The molecule has 2 aromatic rings. The van der Waals surface area contributed by atoms with Crippen LogP contribution in [0.5, 0.6) is 5.75 Å². The number of nitrogens with one attached hydrogen (secondary N) is 2. The molecule has 2 N–H and O–H groups in total. The average molecular weight is 356 g/mol. The Hall–Kier alpha value is -3.02. The second-order valence-electron chi connectivity index (χ2n) is 6.67. The fourth-order valence-electron chi connectivity index (χ4n) is 2.09. The number of ether oxygens (including phenoxy) is 2. The van der Waals surface area contributed by atoms with Gasteiger partial charge in [0.25, 0.3) is 0 Å². The van der Waals surface area contributed by atoms with Crippen molar-refractivity contribution in [3.8, 4) is 5.75 Å². The summed E-state index contributed by atoms with van der Waals surface area (Å²) in [6, 6.07) is 16.9. The highest BCUT2D eigenvalue weighted by Crippen LogP contribution is 2.24. The molecule has 0 aliphatic heterocycles. The molecule has 0 aromatic heterocycles.